The first-order chi connectivity index (χ1) is 10.4. The minimum absolute atomic E-state index is 0.771. The third-order valence-electron chi connectivity index (χ3n) is 3.43. The zero-order valence-corrected chi connectivity index (χ0v) is 11.3. The monoisotopic (exact) mass is 273 g/mol. The molecule has 0 unspecified atom stereocenters. The fraction of sp³-hybridized carbons (Fsp3) is 0. The second-order valence-corrected chi connectivity index (χ2v) is 4.90. The summed E-state index contributed by atoms with van der Waals surface area (Å²) in [6.07, 6.45) is 5.90. The molecule has 1 aliphatic heterocycles. The molecule has 1 aliphatic rings. The van der Waals surface area contributed by atoms with Gasteiger partial charge in [0.25, 0.3) is 0 Å². The van der Waals surface area contributed by atoms with Crippen molar-refractivity contribution >= 4 is 23.1 Å². The van der Waals surface area contributed by atoms with Crippen LogP contribution in [-0.2, 0) is 0 Å². The number of rotatable bonds is 1. The highest BCUT2D eigenvalue weighted by molar-refractivity contribution is 5.77. The molecule has 2 nitrogen and oxygen atoms in total. The van der Waals surface area contributed by atoms with Gasteiger partial charge in [-0.05, 0) is 30.4 Å². The van der Waals surface area contributed by atoms with Gasteiger partial charge in [0.2, 0.25) is 0 Å². The second kappa shape index (κ2) is 4.91. The molecule has 0 radical (unpaired) electrons. The van der Waals surface area contributed by atoms with Gasteiger partial charge in [0.05, 0.1) is 11.5 Å². The molecule has 100 valence electrons. The molecule has 2 heterocycles. The van der Waals surface area contributed by atoms with E-state index in [1.807, 2.05) is 78.9 Å². The highest BCUT2D eigenvalue weighted by atomic mass is 16.5. The fourth-order valence-electron chi connectivity index (χ4n) is 2.38. The molecule has 0 saturated carbocycles. The molecule has 3 aromatic rings. The van der Waals surface area contributed by atoms with Gasteiger partial charge in [-0.2, -0.15) is 0 Å². The van der Waals surface area contributed by atoms with Crippen molar-refractivity contribution in [2.75, 3.05) is 0 Å². The predicted molar refractivity (Wildman–Crippen MR) is 84.7 cm³/mol. The number of hydrogen-bond donors (Lipinski definition) is 0. The van der Waals surface area contributed by atoms with Gasteiger partial charge in [-0.3, -0.25) is 0 Å². The van der Waals surface area contributed by atoms with Gasteiger partial charge in [0.15, 0.2) is 0 Å². The molecule has 0 atom stereocenters. The summed E-state index contributed by atoms with van der Waals surface area (Å²) in [5, 5.41) is 1.09. The third-order valence-corrected chi connectivity index (χ3v) is 3.43. The van der Waals surface area contributed by atoms with Crippen molar-refractivity contribution in [2.24, 2.45) is 0 Å². The molecule has 0 N–H and O–H groups in total. The summed E-state index contributed by atoms with van der Waals surface area (Å²) in [6, 6.07) is 19.9. The molecule has 0 spiro atoms. The van der Waals surface area contributed by atoms with Gasteiger partial charge in [-0.1, -0.05) is 30.3 Å². The normalized spacial score (nSPS) is 15.0. The lowest BCUT2D eigenvalue weighted by Crippen LogP contribution is -1.98. The molecule has 0 aliphatic carbocycles. The standard InChI is InChI=1S/C19H13O2/c1-3-7-18-14(5-1)9-11-16(20-18)13-17-12-10-15-6-2-4-8-19(15)21-17/h1-13H/q+1. The van der Waals surface area contributed by atoms with Gasteiger partial charge in [-0.15, -0.1) is 0 Å². The van der Waals surface area contributed by atoms with Crippen molar-refractivity contribution in [3.05, 3.63) is 83.8 Å². The summed E-state index contributed by atoms with van der Waals surface area (Å²) in [5.74, 6) is 2.41. The second-order valence-electron chi connectivity index (χ2n) is 4.90. The van der Waals surface area contributed by atoms with E-state index in [0.29, 0.717) is 0 Å². The Morgan fingerprint density at radius 2 is 1.67 bits per heavy atom. The van der Waals surface area contributed by atoms with Crippen LogP contribution < -0.4 is 4.74 Å². The molecule has 0 fully saturated rings. The molecule has 2 aromatic carbocycles. The van der Waals surface area contributed by atoms with E-state index in [0.717, 1.165) is 33.8 Å². The minimum Gasteiger partial charge on any atom is -0.456 e. The Kier molecular flexibility index (Phi) is 2.79. The lowest BCUT2D eigenvalue weighted by molar-refractivity contribution is 0.442. The predicted octanol–water partition coefficient (Wildman–Crippen LogP) is 5.16. The highest BCUT2D eigenvalue weighted by Crippen LogP contribution is 2.28. The third kappa shape index (κ3) is 2.32. The molecule has 4 rings (SSSR count). The van der Waals surface area contributed by atoms with Gasteiger partial charge >= 0.3 is 11.3 Å². The largest absolute Gasteiger partial charge is 0.456 e. The van der Waals surface area contributed by atoms with Crippen LogP contribution in [0.5, 0.6) is 5.75 Å². The van der Waals surface area contributed by atoms with Gasteiger partial charge in [0.1, 0.15) is 11.5 Å². The SMILES string of the molecule is C1=Cc2ccccc2OC1=Cc1ccc2ccccc2[o+]1. The zero-order valence-electron chi connectivity index (χ0n) is 11.3. The van der Waals surface area contributed by atoms with Crippen LogP contribution >= 0.6 is 0 Å². The van der Waals surface area contributed by atoms with Crippen LogP contribution in [0.4, 0.5) is 0 Å². The molecule has 2 heteroatoms. The Morgan fingerprint density at radius 1 is 0.810 bits per heavy atom. The van der Waals surface area contributed by atoms with Crippen LogP contribution in [0.3, 0.4) is 0 Å². The van der Waals surface area contributed by atoms with E-state index >= 15 is 0 Å². The number of hydrogen-bond acceptors (Lipinski definition) is 1. The van der Waals surface area contributed by atoms with Crippen LogP contribution in [0.15, 0.2) is 76.9 Å². The first kappa shape index (κ1) is 11.9. The summed E-state index contributed by atoms with van der Waals surface area (Å²) >= 11 is 0. The Morgan fingerprint density at radius 3 is 2.67 bits per heavy atom. The van der Waals surface area contributed by atoms with E-state index in [1.165, 1.54) is 0 Å². The van der Waals surface area contributed by atoms with E-state index in [9.17, 15) is 0 Å². The van der Waals surface area contributed by atoms with Crippen molar-refractivity contribution in [3.8, 4) is 5.75 Å². The van der Waals surface area contributed by atoms with Crippen molar-refractivity contribution in [3.63, 3.8) is 0 Å². The molecular formula is C19H13O2+. The van der Waals surface area contributed by atoms with Crippen molar-refractivity contribution in [2.45, 2.75) is 0 Å². The minimum atomic E-state index is 0.771. The quantitative estimate of drug-likeness (QED) is 0.571. The Balaban J connectivity index is 1.71. The summed E-state index contributed by atoms with van der Waals surface area (Å²) in [7, 11) is 0. The Labute approximate surface area is 122 Å². The van der Waals surface area contributed by atoms with E-state index in [1.54, 1.807) is 0 Å². The van der Waals surface area contributed by atoms with Gasteiger partial charge in [0, 0.05) is 17.7 Å². The maximum atomic E-state index is 5.86. The van der Waals surface area contributed by atoms with E-state index < -0.39 is 0 Å². The smallest absolute Gasteiger partial charge is 0.360 e. The molecule has 0 amide bonds. The maximum Gasteiger partial charge on any atom is 0.360 e. The average Bonchev–Trinajstić information content (AvgIpc) is 2.55. The van der Waals surface area contributed by atoms with Crippen LogP contribution in [0.1, 0.15) is 11.3 Å². The number of para-hydroxylation sites is 2. The zero-order chi connectivity index (χ0) is 14.1. The first-order valence-corrected chi connectivity index (χ1v) is 6.87. The average molecular weight is 273 g/mol. The van der Waals surface area contributed by atoms with Crippen LogP contribution in [0, 0.1) is 0 Å². The number of benzene rings is 2. The molecule has 21 heavy (non-hydrogen) atoms. The Hall–Kier alpha value is -2.87. The van der Waals surface area contributed by atoms with Crippen LogP contribution in [0.2, 0.25) is 0 Å². The van der Waals surface area contributed by atoms with E-state index in [-0.39, 0.29) is 0 Å². The molecular weight excluding hydrogens is 260 g/mol. The van der Waals surface area contributed by atoms with E-state index in [4.69, 9.17) is 9.15 Å². The van der Waals surface area contributed by atoms with Crippen LogP contribution in [-0.4, -0.2) is 0 Å². The highest BCUT2D eigenvalue weighted by Gasteiger charge is 2.13. The van der Waals surface area contributed by atoms with Crippen molar-refractivity contribution in [1.82, 2.24) is 0 Å². The molecule has 0 bridgehead atoms. The lowest BCUT2D eigenvalue weighted by atomic mass is 10.1. The Bertz CT molecular complexity index is 875. The summed E-state index contributed by atoms with van der Waals surface area (Å²) in [6.45, 7) is 0. The lowest BCUT2D eigenvalue weighted by Gasteiger charge is -2.13. The number of ether oxygens (including phenoxy) is 1. The van der Waals surface area contributed by atoms with E-state index in [2.05, 4.69) is 0 Å². The molecule has 1 aromatic heterocycles. The van der Waals surface area contributed by atoms with Gasteiger partial charge < -0.3 is 4.74 Å². The first-order valence-electron chi connectivity index (χ1n) is 6.87. The summed E-state index contributed by atoms with van der Waals surface area (Å²) in [4.78, 5) is 0. The van der Waals surface area contributed by atoms with Crippen molar-refractivity contribution in [1.29, 1.82) is 0 Å². The number of allylic oxidation sites excluding steroid dienone is 1. The fourth-order valence-corrected chi connectivity index (χ4v) is 2.38. The summed E-state index contributed by atoms with van der Waals surface area (Å²) in [5.41, 5.74) is 1.96. The number of fused-ring (bicyclic) bond motifs is 2. The summed E-state index contributed by atoms with van der Waals surface area (Å²) < 4.78 is 11.7. The maximum absolute atomic E-state index is 5.86. The topological polar surface area (TPSA) is 20.5 Å². The molecule has 0 saturated heterocycles. The van der Waals surface area contributed by atoms with Crippen molar-refractivity contribution < 1.29 is 9.15 Å². The van der Waals surface area contributed by atoms with Crippen LogP contribution in [0.25, 0.3) is 23.1 Å². The van der Waals surface area contributed by atoms with Gasteiger partial charge in [-0.25, -0.2) is 4.42 Å².